The summed E-state index contributed by atoms with van der Waals surface area (Å²) in [6, 6.07) is 9.06. The molecule has 42 heavy (non-hydrogen) atoms. The molecule has 2 aromatic heterocycles. The van der Waals surface area contributed by atoms with Crippen LogP contribution in [0, 0.1) is 6.92 Å². The number of nitrogens with zero attached hydrogens (tertiary/aromatic N) is 4. The van der Waals surface area contributed by atoms with Crippen molar-refractivity contribution in [3.63, 3.8) is 0 Å². The van der Waals surface area contributed by atoms with Crippen LogP contribution in [0.1, 0.15) is 52.9 Å². The smallest absolute Gasteiger partial charge is 0.416 e. The van der Waals surface area contributed by atoms with Crippen LogP contribution in [0.4, 0.5) is 24.5 Å². The normalized spacial score (nSPS) is 17.7. The summed E-state index contributed by atoms with van der Waals surface area (Å²) in [6.45, 7) is 5.34. The number of rotatable bonds is 4. The zero-order chi connectivity index (χ0) is 30.3. The molecule has 2 amide bonds. The average Bonchev–Trinajstić information content (AvgIpc) is 3.53. The maximum absolute atomic E-state index is 14.4. The number of fused-ring (bicyclic) bond motifs is 4. The largest absolute Gasteiger partial charge is 0.496 e. The number of pyridine rings is 1. The first-order valence-electron chi connectivity index (χ1n) is 12.8. The Morgan fingerprint density at radius 2 is 1.79 bits per heavy atom. The molecule has 4 heterocycles. The van der Waals surface area contributed by atoms with E-state index < -0.39 is 35.1 Å². The highest BCUT2D eigenvalue weighted by Gasteiger charge is 2.64. The van der Waals surface area contributed by atoms with Crippen LogP contribution >= 0.6 is 23.2 Å². The second-order valence-electron chi connectivity index (χ2n) is 10.3. The molecule has 0 saturated heterocycles. The van der Waals surface area contributed by atoms with Gasteiger partial charge in [-0.1, -0.05) is 29.3 Å². The summed E-state index contributed by atoms with van der Waals surface area (Å²) in [7, 11) is 1.25. The Balaban J connectivity index is 1.71. The number of ether oxygens (including phenoxy) is 1. The summed E-state index contributed by atoms with van der Waals surface area (Å²) in [5.41, 5.74) is -0.665. The van der Waals surface area contributed by atoms with E-state index in [9.17, 15) is 22.8 Å². The molecule has 1 atom stereocenters. The van der Waals surface area contributed by atoms with Gasteiger partial charge in [0.1, 0.15) is 11.6 Å². The fraction of sp³-hybridized carbons (Fsp3) is 0.241. The van der Waals surface area contributed by atoms with Gasteiger partial charge in [-0.15, -0.1) is 0 Å². The molecule has 6 rings (SSSR count). The number of aryl methyl sites for hydroxylation is 1. The number of anilines is 2. The summed E-state index contributed by atoms with van der Waals surface area (Å²) in [6.07, 6.45) is -3.16. The molecular weight excluding hydrogens is 594 g/mol. The number of halogens is 5. The Kier molecular flexibility index (Phi) is 6.32. The molecule has 0 fully saturated rings. The Hall–Kier alpha value is -4.09. The number of carbonyl (C=O) groups excluding carboxylic acids is 2. The number of amides is 2. The van der Waals surface area contributed by atoms with E-state index in [1.807, 2.05) is 13.8 Å². The van der Waals surface area contributed by atoms with Gasteiger partial charge in [-0.25, -0.2) is 4.98 Å². The van der Waals surface area contributed by atoms with Gasteiger partial charge in [0.15, 0.2) is 11.2 Å². The Labute approximate surface area is 248 Å². The number of imidazole rings is 1. The van der Waals surface area contributed by atoms with Crippen molar-refractivity contribution >= 4 is 46.4 Å². The lowest BCUT2D eigenvalue weighted by Crippen LogP contribution is -2.51. The van der Waals surface area contributed by atoms with Crippen molar-refractivity contribution in [2.45, 2.75) is 38.5 Å². The van der Waals surface area contributed by atoms with Crippen molar-refractivity contribution in [2.75, 3.05) is 17.3 Å². The predicted octanol–water partition coefficient (Wildman–Crippen LogP) is 7.02. The zero-order valence-corrected chi connectivity index (χ0v) is 24.1. The molecule has 0 bridgehead atoms. The number of carbonyl (C=O) groups is 2. The van der Waals surface area contributed by atoms with E-state index in [1.165, 1.54) is 24.3 Å². The number of hydrogen-bond donors (Lipinski definition) is 1. The zero-order valence-electron chi connectivity index (χ0n) is 22.6. The van der Waals surface area contributed by atoms with Crippen LogP contribution < -0.4 is 15.0 Å². The molecule has 2 aliphatic heterocycles. The SMILES string of the molecule is COc1cc(C(F)(F)F)ccc1-c1nc2c(n1C(C)C)C1(C(=O)Nc3cc(Cl)ccc31)N(c1cc(Cl)cnc1C)C2=O. The van der Waals surface area contributed by atoms with Crippen LogP contribution in [0.2, 0.25) is 10.0 Å². The average molecular weight is 616 g/mol. The van der Waals surface area contributed by atoms with Gasteiger partial charge in [0, 0.05) is 28.5 Å². The topological polar surface area (TPSA) is 89.3 Å². The van der Waals surface area contributed by atoms with E-state index in [-0.39, 0.29) is 33.5 Å². The van der Waals surface area contributed by atoms with E-state index >= 15 is 0 Å². The van der Waals surface area contributed by atoms with Gasteiger partial charge >= 0.3 is 6.18 Å². The highest BCUT2D eigenvalue weighted by Crippen LogP contribution is 2.55. The van der Waals surface area contributed by atoms with Crippen LogP contribution in [-0.2, 0) is 16.5 Å². The molecule has 2 aromatic carbocycles. The first kappa shape index (κ1) is 28.0. The summed E-state index contributed by atoms with van der Waals surface area (Å²) in [4.78, 5) is 39.0. The number of benzene rings is 2. The lowest BCUT2D eigenvalue weighted by molar-refractivity contribution is -0.137. The van der Waals surface area contributed by atoms with Crippen LogP contribution in [0.15, 0.2) is 48.7 Å². The molecular formula is C29H22Cl2F3N5O3. The van der Waals surface area contributed by atoms with Gasteiger partial charge in [-0.2, -0.15) is 13.2 Å². The number of nitrogens with one attached hydrogen (secondary N) is 1. The van der Waals surface area contributed by atoms with Crippen molar-refractivity contribution in [1.82, 2.24) is 14.5 Å². The highest BCUT2D eigenvalue weighted by molar-refractivity contribution is 6.32. The standard InChI is InChI=1S/C29H22Cl2F3N5O3/c1-13(2)38-24-23(37-25(38)18-7-5-15(29(32,33)34)9-22(18)42-4)26(40)39(21-11-17(31)12-35-14(21)3)28(24)19-8-6-16(30)10-20(19)36-27(28)41/h5-13H,1-4H3,(H,36,41). The quantitative estimate of drug-likeness (QED) is 0.266. The van der Waals surface area contributed by atoms with E-state index in [2.05, 4.69) is 15.3 Å². The first-order chi connectivity index (χ1) is 19.8. The molecule has 0 radical (unpaired) electrons. The molecule has 1 spiro atoms. The molecule has 4 aromatic rings. The van der Waals surface area contributed by atoms with Crippen LogP contribution in [0.5, 0.6) is 5.75 Å². The Morgan fingerprint density at radius 3 is 2.45 bits per heavy atom. The molecule has 1 N–H and O–H groups in total. The number of aromatic nitrogens is 3. The van der Waals surface area contributed by atoms with Gasteiger partial charge in [0.05, 0.1) is 40.3 Å². The van der Waals surface area contributed by atoms with E-state index in [4.69, 9.17) is 27.9 Å². The maximum Gasteiger partial charge on any atom is 0.416 e. The van der Waals surface area contributed by atoms with Crippen LogP contribution in [0.3, 0.4) is 0 Å². The van der Waals surface area contributed by atoms with Crippen LogP contribution in [-0.4, -0.2) is 33.5 Å². The number of methoxy groups -OCH3 is 1. The minimum absolute atomic E-state index is 0.0435. The van der Waals surface area contributed by atoms with Crippen molar-refractivity contribution < 1.29 is 27.5 Å². The third kappa shape index (κ3) is 3.83. The van der Waals surface area contributed by atoms with Gasteiger partial charge in [0.25, 0.3) is 11.8 Å². The predicted molar refractivity (Wildman–Crippen MR) is 151 cm³/mol. The van der Waals surface area contributed by atoms with Gasteiger partial charge < -0.3 is 14.6 Å². The monoisotopic (exact) mass is 615 g/mol. The van der Waals surface area contributed by atoms with Crippen molar-refractivity contribution in [3.8, 4) is 17.1 Å². The molecule has 2 aliphatic rings. The lowest BCUT2D eigenvalue weighted by Gasteiger charge is -2.36. The summed E-state index contributed by atoms with van der Waals surface area (Å²) >= 11 is 12.6. The highest BCUT2D eigenvalue weighted by atomic mass is 35.5. The molecule has 13 heteroatoms. The third-order valence-electron chi connectivity index (χ3n) is 7.50. The minimum Gasteiger partial charge on any atom is -0.496 e. The Bertz CT molecular complexity index is 1820. The summed E-state index contributed by atoms with van der Waals surface area (Å²) in [5, 5.41) is 3.49. The fourth-order valence-corrected chi connectivity index (χ4v) is 6.10. The van der Waals surface area contributed by atoms with Gasteiger partial charge in [-0.3, -0.25) is 19.5 Å². The minimum atomic E-state index is -4.60. The fourth-order valence-electron chi connectivity index (χ4n) is 5.78. The van der Waals surface area contributed by atoms with E-state index in [1.54, 1.807) is 35.8 Å². The number of hydrogen-bond acceptors (Lipinski definition) is 5. The summed E-state index contributed by atoms with van der Waals surface area (Å²) < 4.78 is 47.6. The first-order valence-corrected chi connectivity index (χ1v) is 13.5. The molecule has 0 aliphatic carbocycles. The molecule has 0 saturated carbocycles. The second kappa shape index (κ2) is 9.47. The Morgan fingerprint density at radius 1 is 1.05 bits per heavy atom. The second-order valence-corrected chi connectivity index (χ2v) is 11.1. The third-order valence-corrected chi connectivity index (χ3v) is 7.94. The maximum atomic E-state index is 14.4. The van der Waals surface area contributed by atoms with Gasteiger partial charge in [0.2, 0.25) is 0 Å². The molecule has 8 nitrogen and oxygen atoms in total. The van der Waals surface area contributed by atoms with Gasteiger partial charge in [-0.05, 0) is 57.2 Å². The van der Waals surface area contributed by atoms with Crippen molar-refractivity contribution in [3.05, 3.63) is 86.9 Å². The van der Waals surface area contributed by atoms with E-state index in [0.29, 0.717) is 27.7 Å². The van der Waals surface area contributed by atoms with Crippen molar-refractivity contribution in [1.29, 1.82) is 0 Å². The number of alkyl halides is 3. The van der Waals surface area contributed by atoms with Crippen molar-refractivity contribution in [2.24, 2.45) is 0 Å². The lowest BCUT2D eigenvalue weighted by atomic mass is 9.87. The van der Waals surface area contributed by atoms with E-state index in [0.717, 1.165) is 12.1 Å². The van der Waals surface area contributed by atoms with Crippen LogP contribution in [0.25, 0.3) is 11.4 Å². The summed E-state index contributed by atoms with van der Waals surface area (Å²) in [5.74, 6) is -1.07. The molecule has 216 valence electrons. The molecule has 1 unspecified atom stereocenters.